The summed E-state index contributed by atoms with van der Waals surface area (Å²) in [5, 5.41) is 3.18. The average Bonchev–Trinajstić information content (AvgIpc) is 2.95. The number of nitrogens with one attached hydrogen (secondary N) is 2. The van der Waals surface area contributed by atoms with Crippen LogP contribution in [0.4, 0.5) is 5.69 Å². The van der Waals surface area contributed by atoms with E-state index < -0.39 is 0 Å². The summed E-state index contributed by atoms with van der Waals surface area (Å²) in [4.78, 5) is 8.02. The van der Waals surface area contributed by atoms with Crippen molar-refractivity contribution in [2.24, 2.45) is 0 Å². The largest absolute Gasteiger partial charge is 0.486 e. The zero-order valence-corrected chi connectivity index (χ0v) is 11.6. The van der Waals surface area contributed by atoms with E-state index in [4.69, 9.17) is 9.47 Å². The highest BCUT2D eigenvalue weighted by molar-refractivity contribution is 5.85. The Kier molecular flexibility index (Phi) is 2.70. The second-order valence-corrected chi connectivity index (χ2v) is 4.89. The van der Waals surface area contributed by atoms with E-state index in [0.717, 1.165) is 39.6 Å². The quantitative estimate of drug-likeness (QED) is 0.758. The first kappa shape index (κ1) is 12.1. The van der Waals surface area contributed by atoms with E-state index in [1.165, 1.54) is 0 Å². The molecule has 0 aliphatic carbocycles. The minimum atomic E-state index is 0.582. The van der Waals surface area contributed by atoms with Gasteiger partial charge in [0, 0.05) is 30.4 Å². The van der Waals surface area contributed by atoms with Gasteiger partial charge in [0.2, 0.25) is 0 Å². The number of aromatic amines is 1. The van der Waals surface area contributed by atoms with Gasteiger partial charge in [-0.1, -0.05) is 12.1 Å². The number of hydrogen-bond donors (Lipinski definition) is 2. The molecule has 3 aromatic rings. The van der Waals surface area contributed by atoms with Crippen LogP contribution in [0, 0.1) is 0 Å². The summed E-state index contributed by atoms with van der Waals surface area (Å²) in [6, 6.07) is 11.9. The van der Waals surface area contributed by atoms with Gasteiger partial charge in [-0.25, -0.2) is 4.98 Å². The summed E-state index contributed by atoms with van der Waals surface area (Å²) >= 11 is 0. The lowest BCUT2D eigenvalue weighted by Gasteiger charge is -2.17. The van der Waals surface area contributed by atoms with Crippen molar-refractivity contribution < 1.29 is 9.47 Å². The molecule has 21 heavy (non-hydrogen) atoms. The van der Waals surface area contributed by atoms with E-state index in [1.807, 2.05) is 43.4 Å². The number of hydrogen-bond acceptors (Lipinski definition) is 4. The summed E-state index contributed by atoms with van der Waals surface area (Å²) in [7, 11) is 1.90. The van der Waals surface area contributed by atoms with Crippen LogP contribution in [0.3, 0.4) is 0 Å². The minimum Gasteiger partial charge on any atom is -0.486 e. The molecule has 1 aliphatic rings. The van der Waals surface area contributed by atoms with Gasteiger partial charge in [-0.3, -0.25) is 0 Å². The summed E-state index contributed by atoms with van der Waals surface area (Å²) in [6.07, 6.45) is 0. The maximum Gasteiger partial charge on any atom is 0.163 e. The molecule has 0 atom stereocenters. The van der Waals surface area contributed by atoms with E-state index in [0.29, 0.717) is 13.2 Å². The Labute approximate surface area is 121 Å². The first-order valence-electron chi connectivity index (χ1n) is 6.91. The van der Waals surface area contributed by atoms with Crippen molar-refractivity contribution in [1.82, 2.24) is 9.97 Å². The number of nitrogens with zero attached hydrogens (tertiary/aromatic N) is 1. The van der Waals surface area contributed by atoms with E-state index >= 15 is 0 Å². The Morgan fingerprint density at radius 2 is 1.86 bits per heavy atom. The maximum absolute atomic E-state index is 5.61. The molecule has 1 aliphatic heterocycles. The number of aromatic nitrogens is 2. The number of fused-ring (bicyclic) bond motifs is 2. The maximum atomic E-state index is 5.61. The second-order valence-electron chi connectivity index (χ2n) is 4.89. The van der Waals surface area contributed by atoms with E-state index in [-0.39, 0.29) is 0 Å². The third kappa shape index (κ3) is 1.98. The lowest BCUT2D eigenvalue weighted by atomic mass is 10.1. The van der Waals surface area contributed by atoms with Gasteiger partial charge in [0.1, 0.15) is 19.0 Å². The normalized spacial score (nSPS) is 13.4. The number of imidazole rings is 1. The van der Waals surface area contributed by atoms with Crippen LogP contribution >= 0.6 is 0 Å². The first-order valence-corrected chi connectivity index (χ1v) is 6.91. The van der Waals surface area contributed by atoms with E-state index in [2.05, 4.69) is 15.3 Å². The van der Waals surface area contributed by atoms with Gasteiger partial charge >= 0.3 is 0 Å². The lowest BCUT2D eigenvalue weighted by Crippen LogP contribution is -2.15. The number of anilines is 1. The first-order chi connectivity index (χ1) is 10.3. The monoisotopic (exact) mass is 281 g/mol. The predicted octanol–water partition coefficient (Wildman–Crippen LogP) is 3.04. The molecule has 0 spiro atoms. The number of rotatable bonds is 2. The van der Waals surface area contributed by atoms with Gasteiger partial charge in [0.15, 0.2) is 11.5 Å². The van der Waals surface area contributed by atoms with Crippen molar-refractivity contribution >= 4 is 16.7 Å². The molecule has 2 N–H and O–H groups in total. The lowest BCUT2D eigenvalue weighted by molar-refractivity contribution is 0.172. The van der Waals surface area contributed by atoms with Crippen molar-refractivity contribution in [3.8, 4) is 22.9 Å². The van der Waals surface area contributed by atoms with Crippen molar-refractivity contribution in [3.05, 3.63) is 36.4 Å². The standard InChI is InChI=1S/C16H15N3O2/c1-17-11-5-3-2-4-10(11)16-18-12-8-14-15(9-13(12)19-16)21-7-6-20-14/h2-5,8-9,17H,6-7H2,1H3,(H,18,19). The fourth-order valence-corrected chi connectivity index (χ4v) is 2.58. The fourth-order valence-electron chi connectivity index (χ4n) is 2.58. The molecular formula is C16H15N3O2. The number of benzene rings is 2. The molecule has 0 amide bonds. The van der Waals surface area contributed by atoms with E-state index in [9.17, 15) is 0 Å². The molecular weight excluding hydrogens is 266 g/mol. The van der Waals surface area contributed by atoms with Gasteiger partial charge in [-0.15, -0.1) is 0 Å². The van der Waals surface area contributed by atoms with Crippen molar-refractivity contribution in [3.63, 3.8) is 0 Å². The molecule has 5 heteroatoms. The fraction of sp³-hybridized carbons (Fsp3) is 0.188. The molecule has 2 aromatic carbocycles. The molecule has 106 valence electrons. The summed E-state index contributed by atoms with van der Waals surface area (Å²) in [5.74, 6) is 2.36. The molecule has 4 rings (SSSR count). The van der Waals surface area contributed by atoms with Crippen LogP contribution in [-0.2, 0) is 0 Å². The Bertz CT molecular complexity index is 767. The smallest absolute Gasteiger partial charge is 0.163 e. The van der Waals surface area contributed by atoms with Gasteiger partial charge in [-0.05, 0) is 12.1 Å². The molecule has 0 bridgehead atoms. The number of ether oxygens (including phenoxy) is 2. The zero-order valence-electron chi connectivity index (χ0n) is 11.6. The molecule has 0 radical (unpaired) electrons. The number of H-pyrrole nitrogens is 1. The molecule has 2 heterocycles. The summed E-state index contributed by atoms with van der Waals surface area (Å²) in [6.45, 7) is 1.17. The summed E-state index contributed by atoms with van der Waals surface area (Å²) in [5.41, 5.74) is 3.89. The van der Waals surface area contributed by atoms with Gasteiger partial charge in [0.05, 0.1) is 11.0 Å². The highest BCUT2D eigenvalue weighted by Gasteiger charge is 2.16. The SMILES string of the molecule is CNc1ccccc1-c1nc2cc3c(cc2[nH]1)OCCO3. The highest BCUT2D eigenvalue weighted by atomic mass is 16.6. The molecule has 0 saturated carbocycles. The molecule has 0 unspecified atom stereocenters. The molecule has 5 nitrogen and oxygen atoms in total. The number of para-hydroxylation sites is 1. The topological polar surface area (TPSA) is 59.2 Å². The van der Waals surface area contributed by atoms with Crippen molar-refractivity contribution in [2.45, 2.75) is 0 Å². The van der Waals surface area contributed by atoms with Crippen LogP contribution in [0.2, 0.25) is 0 Å². The predicted molar refractivity (Wildman–Crippen MR) is 82.1 cm³/mol. The van der Waals surface area contributed by atoms with Crippen LogP contribution in [0.5, 0.6) is 11.5 Å². The average molecular weight is 281 g/mol. The van der Waals surface area contributed by atoms with Crippen LogP contribution in [0.1, 0.15) is 0 Å². The van der Waals surface area contributed by atoms with Crippen LogP contribution in [0.25, 0.3) is 22.4 Å². The van der Waals surface area contributed by atoms with Crippen molar-refractivity contribution in [2.75, 3.05) is 25.6 Å². The molecule has 1 aromatic heterocycles. The van der Waals surface area contributed by atoms with Crippen molar-refractivity contribution in [1.29, 1.82) is 0 Å². The van der Waals surface area contributed by atoms with Crippen LogP contribution < -0.4 is 14.8 Å². The minimum absolute atomic E-state index is 0.582. The third-order valence-corrected chi connectivity index (χ3v) is 3.60. The molecule has 0 fully saturated rings. The molecule has 0 saturated heterocycles. The second kappa shape index (κ2) is 4.70. The van der Waals surface area contributed by atoms with Crippen LogP contribution in [0.15, 0.2) is 36.4 Å². The van der Waals surface area contributed by atoms with Gasteiger partial charge < -0.3 is 19.8 Å². The Hall–Kier alpha value is -2.69. The van der Waals surface area contributed by atoms with Crippen LogP contribution in [-0.4, -0.2) is 30.2 Å². The Balaban J connectivity index is 1.87. The summed E-state index contributed by atoms with van der Waals surface area (Å²) < 4.78 is 11.2. The van der Waals surface area contributed by atoms with Gasteiger partial charge in [-0.2, -0.15) is 0 Å². The highest BCUT2D eigenvalue weighted by Crippen LogP contribution is 2.35. The Morgan fingerprint density at radius 1 is 1.10 bits per heavy atom. The zero-order chi connectivity index (χ0) is 14.2. The van der Waals surface area contributed by atoms with E-state index in [1.54, 1.807) is 0 Å². The van der Waals surface area contributed by atoms with Gasteiger partial charge in [0.25, 0.3) is 0 Å². The Morgan fingerprint density at radius 3 is 2.67 bits per heavy atom. The third-order valence-electron chi connectivity index (χ3n) is 3.60.